The minimum atomic E-state index is -4.21. The fourth-order valence-electron chi connectivity index (χ4n) is 1.39. The highest BCUT2D eigenvalue weighted by Crippen LogP contribution is 2.35. The van der Waals surface area contributed by atoms with Crippen LogP contribution in [0.15, 0.2) is 17.0 Å². The number of nitro groups is 1. The number of rotatable bonds is 3. The molecule has 94 valence electrons. The molecule has 1 aromatic carbocycles. The lowest BCUT2D eigenvalue weighted by Gasteiger charge is -2.07. The Hall–Kier alpha value is -1.28. The maximum Gasteiger partial charge on any atom is 0.282 e. The highest BCUT2D eigenvalue weighted by Gasteiger charge is 2.29. The van der Waals surface area contributed by atoms with Gasteiger partial charge in [-0.1, -0.05) is 0 Å². The number of alkyl halides is 2. The number of nitro benzene ring substituents is 1. The normalized spacial score (nSPS) is 11.8. The van der Waals surface area contributed by atoms with Crippen LogP contribution in [0.1, 0.15) is 17.6 Å². The fraction of sp³-hybridized carbons (Fsp3) is 0.250. The molecule has 0 aliphatic carbocycles. The van der Waals surface area contributed by atoms with Gasteiger partial charge in [-0.15, -0.1) is 0 Å². The van der Waals surface area contributed by atoms with E-state index in [1.807, 2.05) is 0 Å². The highest BCUT2D eigenvalue weighted by molar-refractivity contribution is 8.13. The van der Waals surface area contributed by atoms with Gasteiger partial charge in [0.1, 0.15) is 0 Å². The van der Waals surface area contributed by atoms with Gasteiger partial charge in [0.05, 0.1) is 15.4 Å². The zero-order valence-electron chi connectivity index (χ0n) is 8.35. The SMILES string of the molecule is Cc1c(S(=O)(=O)Cl)ccc(C(F)F)c1[N+](=O)[O-]. The largest absolute Gasteiger partial charge is 0.282 e. The fourth-order valence-corrected chi connectivity index (χ4v) is 2.58. The molecule has 0 saturated heterocycles. The summed E-state index contributed by atoms with van der Waals surface area (Å²) in [6, 6.07) is 1.51. The van der Waals surface area contributed by atoms with Gasteiger partial charge in [-0.2, -0.15) is 0 Å². The van der Waals surface area contributed by atoms with Crippen molar-refractivity contribution in [1.82, 2.24) is 0 Å². The number of nitrogens with zero attached hydrogens (tertiary/aromatic N) is 1. The maximum absolute atomic E-state index is 12.5. The predicted octanol–water partition coefficient (Wildman–Crippen LogP) is 2.77. The molecule has 0 saturated carbocycles. The molecule has 0 spiro atoms. The van der Waals surface area contributed by atoms with Crippen LogP contribution in [0.5, 0.6) is 0 Å². The first-order valence-corrected chi connectivity index (χ1v) is 6.48. The number of halogens is 3. The van der Waals surface area contributed by atoms with Crippen LogP contribution in [0, 0.1) is 17.0 Å². The molecule has 0 fully saturated rings. The Morgan fingerprint density at radius 2 is 1.94 bits per heavy atom. The standard InChI is InChI=1S/C8H6ClF2NO4S/c1-4-6(17(9,15)16)3-2-5(8(10)11)7(4)12(13)14/h2-3,8H,1H3. The van der Waals surface area contributed by atoms with Crippen LogP contribution in [0.2, 0.25) is 0 Å². The second-order valence-corrected chi connectivity index (χ2v) is 5.66. The first kappa shape index (κ1) is 13.8. The van der Waals surface area contributed by atoms with E-state index in [1.54, 1.807) is 0 Å². The Balaban J connectivity index is 3.67. The topological polar surface area (TPSA) is 77.3 Å². The summed E-state index contributed by atoms with van der Waals surface area (Å²) >= 11 is 0. The first-order valence-electron chi connectivity index (χ1n) is 4.17. The lowest BCUT2D eigenvalue weighted by molar-refractivity contribution is -0.387. The van der Waals surface area contributed by atoms with E-state index in [4.69, 9.17) is 10.7 Å². The average Bonchev–Trinajstić information content (AvgIpc) is 2.13. The summed E-state index contributed by atoms with van der Waals surface area (Å²) in [5.74, 6) is 0. The van der Waals surface area contributed by atoms with Crippen molar-refractivity contribution in [2.24, 2.45) is 0 Å². The summed E-state index contributed by atoms with van der Waals surface area (Å²) in [6.07, 6.45) is -3.07. The van der Waals surface area contributed by atoms with Crippen molar-refractivity contribution >= 4 is 25.4 Å². The lowest BCUT2D eigenvalue weighted by atomic mass is 10.1. The van der Waals surface area contributed by atoms with Crippen LogP contribution in [0.3, 0.4) is 0 Å². The molecule has 0 aliphatic heterocycles. The van der Waals surface area contributed by atoms with Gasteiger partial charge >= 0.3 is 0 Å². The monoisotopic (exact) mass is 285 g/mol. The van der Waals surface area contributed by atoms with E-state index < -0.39 is 42.1 Å². The molecular weight excluding hydrogens is 280 g/mol. The van der Waals surface area contributed by atoms with E-state index in [-0.39, 0.29) is 0 Å². The minimum Gasteiger partial charge on any atom is -0.258 e. The van der Waals surface area contributed by atoms with Crippen LogP contribution in [0.25, 0.3) is 0 Å². The molecule has 0 heterocycles. The molecule has 0 aromatic heterocycles. The Bertz CT molecular complexity index is 573. The van der Waals surface area contributed by atoms with Gasteiger partial charge in [-0.05, 0) is 19.1 Å². The van der Waals surface area contributed by atoms with Crippen molar-refractivity contribution in [2.45, 2.75) is 18.2 Å². The molecule has 0 aliphatic rings. The molecule has 0 amide bonds. The molecule has 9 heteroatoms. The minimum absolute atomic E-state index is 0.400. The van der Waals surface area contributed by atoms with Crippen molar-refractivity contribution in [2.75, 3.05) is 0 Å². The summed E-state index contributed by atoms with van der Waals surface area (Å²) in [6.45, 7) is 1.05. The van der Waals surface area contributed by atoms with E-state index >= 15 is 0 Å². The summed E-state index contributed by atoms with van der Waals surface area (Å²) in [4.78, 5) is 9.06. The van der Waals surface area contributed by atoms with Crippen molar-refractivity contribution in [1.29, 1.82) is 0 Å². The molecule has 0 unspecified atom stereocenters. The Labute approximate surface area is 99.6 Å². The van der Waals surface area contributed by atoms with Crippen molar-refractivity contribution < 1.29 is 22.1 Å². The van der Waals surface area contributed by atoms with E-state index in [0.717, 1.165) is 13.0 Å². The second-order valence-electron chi connectivity index (χ2n) is 3.12. The molecule has 17 heavy (non-hydrogen) atoms. The smallest absolute Gasteiger partial charge is 0.258 e. The van der Waals surface area contributed by atoms with E-state index in [2.05, 4.69) is 0 Å². The van der Waals surface area contributed by atoms with Crippen molar-refractivity contribution in [3.63, 3.8) is 0 Å². The average molecular weight is 286 g/mol. The van der Waals surface area contributed by atoms with E-state index in [0.29, 0.717) is 6.07 Å². The quantitative estimate of drug-likeness (QED) is 0.486. The first-order chi connectivity index (χ1) is 7.66. The Kier molecular flexibility index (Phi) is 3.68. The summed E-state index contributed by atoms with van der Waals surface area (Å²) in [7, 11) is 0.825. The zero-order chi connectivity index (χ0) is 13.4. The number of benzene rings is 1. The lowest BCUT2D eigenvalue weighted by Crippen LogP contribution is -2.03. The third-order valence-electron chi connectivity index (χ3n) is 2.09. The van der Waals surface area contributed by atoms with Crippen LogP contribution < -0.4 is 0 Å². The highest BCUT2D eigenvalue weighted by atomic mass is 35.7. The van der Waals surface area contributed by atoms with Crippen LogP contribution in [0.4, 0.5) is 14.5 Å². The molecular formula is C8H6ClF2NO4S. The summed E-state index contributed by atoms with van der Waals surface area (Å²) < 4.78 is 47.1. The Morgan fingerprint density at radius 1 is 1.41 bits per heavy atom. The van der Waals surface area contributed by atoms with Crippen LogP contribution >= 0.6 is 10.7 Å². The molecule has 5 nitrogen and oxygen atoms in total. The maximum atomic E-state index is 12.5. The summed E-state index contributed by atoms with van der Waals surface area (Å²) in [5, 5.41) is 10.7. The third-order valence-corrected chi connectivity index (χ3v) is 3.56. The van der Waals surface area contributed by atoms with Gasteiger partial charge in [-0.25, -0.2) is 17.2 Å². The predicted molar refractivity (Wildman–Crippen MR) is 55.8 cm³/mol. The van der Waals surface area contributed by atoms with Gasteiger partial charge < -0.3 is 0 Å². The molecule has 0 bridgehead atoms. The number of hydrogen-bond donors (Lipinski definition) is 0. The van der Waals surface area contributed by atoms with E-state index in [1.165, 1.54) is 0 Å². The van der Waals surface area contributed by atoms with Crippen molar-refractivity contribution in [3.8, 4) is 0 Å². The van der Waals surface area contributed by atoms with Crippen molar-refractivity contribution in [3.05, 3.63) is 33.4 Å². The van der Waals surface area contributed by atoms with Gasteiger partial charge in [0.15, 0.2) is 0 Å². The van der Waals surface area contributed by atoms with Crippen LogP contribution in [-0.4, -0.2) is 13.3 Å². The van der Waals surface area contributed by atoms with Gasteiger partial charge in [-0.3, -0.25) is 10.1 Å². The third kappa shape index (κ3) is 2.70. The summed E-state index contributed by atoms with van der Waals surface area (Å²) in [5.41, 5.74) is -2.17. The zero-order valence-corrected chi connectivity index (χ0v) is 9.93. The molecule has 1 aromatic rings. The molecule has 0 radical (unpaired) electrons. The molecule has 0 N–H and O–H groups in total. The molecule has 1 rings (SSSR count). The van der Waals surface area contributed by atoms with Crippen LogP contribution in [-0.2, 0) is 9.05 Å². The van der Waals surface area contributed by atoms with Gasteiger partial charge in [0, 0.05) is 16.2 Å². The second kappa shape index (κ2) is 4.53. The Morgan fingerprint density at radius 3 is 2.29 bits per heavy atom. The molecule has 0 atom stereocenters. The number of hydrogen-bond acceptors (Lipinski definition) is 4. The van der Waals surface area contributed by atoms with E-state index in [9.17, 15) is 27.3 Å². The van der Waals surface area contributed by atoms with Gasteiger partial charge in [0.2, 0.25) is 0 Å². The van der Waals surface area contributed by atoms with Gasteiger partial charge in [0.25, 0.3) is 21.2 Å².